The number of unbranched alkanes of at least 4 members (excludes halogenated alkanes) is 2. The summed E-state index contributed by atoms with van der Waals surface area (Å²) in [6, 6.07) is 24.0. The standard InChI is InChI=1S/C32H42N2O6/c1-35-32-31(39-22-26-14-7-3-8-15-26)30(38-21-25-12-5-2-6-13-25)29(37-23-27-16-11-18-34-20-27)28(40-32)24-36-19-10-4-9-17-33/h2-3,5-8,11-16,18,20,28-32H,4,9-10,17,19,21-24,33H2,1H3/t28-,29-,30+,31-,32-/m1/s1. The van der Waals surface area contributed by atoms with Crippen LogP contribution >= 0.6 is 0 Å². The van der Waals surface area contributed by atoms with Crippen LogP contribution in [-0.4, -0.2) is 62.6 Å². The molecule has 0 radical (unpaired) electrons. The van der Waals surface area contributed by atoms with E-state index in [2.05, 4.69) is 4.98 Å². The van der Waals surface area contributed by atoms with E-state index < -0.39 is 30.7 Å². The van der Waals surface area contributed by atoms with Crippen LogP contribution in [-0.2, 0) is 48.2 Å². The fourth-order valence-electron chi connectivity index (χ4n) is 4.70. The predicted octanol–water partition coefficient (Wildman–Crippen LogP) is 4.65. The maximum absolute atomic E-state index is 6.60. The number of ether oxygens (including phenoxy) is 6. The van der Waals surface area contributed by atoms with Gasteiger partial charge in [-0.3, -0.25) is 4.98 Å². The van der Waals surface area contributed by atoms with Gasteiger partial charge in [-0.25, -0.2) is 0 Å². The van der Waals surface area contributed by atoms with Gasteiger partial charge in [-0.2, -0.15) is 0 Å². The number of aromatic nitrogens is 1. The van der Waals surface area contributed by atoms with E-state index in [4.69, 9.17) is 34.2 Å². The molecule has 2 N–H and O–H groups in total. The fraction of sp³-hybridized carbons (Fsp3) is 0.469. The van der Waals surface area contributed by atoms with Gasteiger partial charge in [-0.1, -0.05) is 66.7 Å². The molecule has 0 saturated carbocycles. The number of nitrogens with zero attached hydrogens (tertiary/aromatic N) is 1. The minimum Gasteiger partial charge on any atom is -0.379 e. The number of benzene rings is 2. The van der Waals surface area contributed by atoms with Gasteiger partial charge >= 0.3 is 0 Å². The molecule has 40 heavy (non-hydrogen) atoms. The summed E-state index contributed by atoms with van der Waals surface area (Å²) in [5.74, 6) is 0. The van der Waals surface area contributed by atoms with Gasteiger partial charge < -0.3 is 34.2 Å². The molecule has 1 aliphatic rings. The van der Waals surface area contributed by atoms with Crippen molar-refractivity contribution < 1.29 is 28.4 Å². The first-order valence-electron chi connectivity index (χ1n) is 14.1. The second-order valence-electron chi connectivity index (χ2n) is 9.86. The Morgan fingerprint density at radius 3 is 1.98 bits per heavy atom. The van der Waals surface area contributed by atoms with Crippen molar-refractivity contribution in [3.05, 3.63) is 102 Å². The van der Waals surface area contributed by atoms with E-state index in [9.17, 15) is 0 Å². The molecule has 8 heteroatoms. The summed E-state index contributed by atoms with van der Waals surface area (Å²) in [4.78, 5) is 4.23. The summed E-state index contributed by atoms with van der Waals surface area (Å²) >= 11 is 0. The molecule has 216 valence electrons. The van der Waals surface area contributed by atoms with Crippen LogP contribution in [0.3, 0.4) is 0 Å². The van der Waals surface area contributed by atoms with Crippen LogP contribution in [0.4, 0.5) is 0 Å². The first-order valence-corrected chi connectivity index (χ1v) is 14.1. The molecule has 0 unspecified atom stereocenters. The molecule has 1 aliphatic heterocycles. The highest BCUT2D eigenvalue weighted by atomic mass is 16.7. The Hall–Kier alpha value is -2.69. The van der Waals surface area contributed by atoms with Crippen molar-refractivity contribution >= 4 is 0 Å². The Morgan fingerprint density at radius 2 is 1.35 bits per heavy atom. The third-order valence-electron chi connectivity index (χ3n) is 6.83. The lowest BCUT2D eigenvalue weighted by Crippen LogP contribution is -2.61. The first-order chi connectivity index (χ1) is 19.8. The molecule has 3 aromatic rings. The topological polar surface area (TPSA) is 94.3 Å². The largest absolute Gasteiger partial charge is 0.379 e. The number of hydrogen-bond donors (Lipinski definition) is 1. The highest BCUT2D eigenvalue weighted by Crippen LogP contribution is 2.31. The van der Waals surface area contributed by atoms with Crippen molar-refractivity contribution in [2.24, 2.45) is 5.73 Å². The molecule has 0 aliphatic carbocycles. The Morgan fingerprint density at radius 1 is 0.725 bits per heavy atom. The molecule has 0 spiro atoms. The number of nitrogens with two attached hydrogens (primary N) is 1. The van der Waals surface area contributed by atoms with Crippen molar-refractivity contribution in [3.63, 3.8) is 0 Å². The van der Waals surface area contributed by atoms with E-state index in [0.717, 1.165) is 36.0 Å². The van der Waals surface area contributed by atoms with Gasteiger partial charge in [-0.05, 0) is 48.6 Å². The summed E-state index contributed by atoms with van der Waals surface area (Å²) in [5, 5.41) is 0. The second kappa shape index (κ2) is 17.2. The molecule has 1 aromatic heterocycles. The molecule has 1 saturated heterocycles. The average Bonchev–Trinajstić information content (AvgIpc) is 3.01. The molecule has 8 nitrogen and oxygen atoms in total. The van der Waals surface area contributed by atoms with Crippen LogP contribution in [0, 0.1) is 0 Å². The van der Waals surface area contributed by atoms with Crippen LogP contribution in [0.5, 0.6) is 0 Å². The first kappa shape index (κ1) is 30.3. The Balaban J connectivity index is 1.54. The minimum atomic E-state index is -0.659. The van der Waals surface area contributed by atoms with Crippen molar-refractivity contribution in [1.82, 2.24) is 4.98 Å². The number of pyridine rings is 1. The number of methoxy groups -OCH3 is 1. The van der Waals surface area contributed by atoms with E-state index in [-0.39, 0.29) is 0 Å². The number of rotatable bonds is 17. The second-order valence-corrected chi connectivity index (χ2v) is 9.86. The molecular weight excluding hydrogens is 508 g/mol. The molecule has 5 atom stereocenters. The molecule has 2 aromatic carbocycles. The fourth-order valence-corrected chi connectivity index (χ4v) is 4.70. The zero-order valence-corrected chi connectivity index (χ0v) is 23.3. The van der Waals surface area contributed by atoms with Crippen LogP contribution in [0.1, 0.15) is 36.0 Å². The van der Waals surface area contributed by atoms with E-state index in [0.29, 0.717) is 39.6 Å². The summed E-state index contributed by atoms with van der Waals surface area (Å²) in [7, 11) is 1.62. The van der Waals surface area contributed by atoms with Crippen LogP contribution in [0.25, 0.3) is 0 Å². The molecule has 0 amide bonds. The lowest BCUT2D eigenvalue weighted by atomic mass is 9.98. The quantitative estimate of drug-likeness (QED) is 0.243. The normalized spacial score (nSPS) is 22.8. The van der Waals surface area contributed by atoms with Crippen LogP contribution < -0.4 is 5.73 Å². The van der Waals surface area contributed by atoms with Crippen molar-refractivity contribution in [3.8, 4) is 0 Å². The molecule has 2 heterocycles. The van der Waals surface area contributed by atoms with Gasteiger partial charge in [0.1, 0.15) is 24.4 Å². The number of hydrogen-bond acceptors (Lipinski definition) is 8. The van der Waals surface area contributed by atoms with Crippen LogP contribution in [0.2, 0.25) is 0 Å². The van der Waals surface area contributed by atoms with Gasteiger partial charge in [-0.15, -0.1) is 0 Å². The Labute approximate surface area is 237 Å². The summed E-state index contributed by atoms with van der Waals surface area (Å²) in [5.41, 5.74) is 8.70. The third kappa shape index (κ3) is 9.45. The summed E-state index contributed by atoms with van der Waals surface area (Å²) in [6.07, 6.45) is 3.94. The highest BCUT2D eigenvalue weighted by molar-refractivity contribution is 5.15. The maximum atomic E-state index is 6.60. The Kier molecular flexibility index (Phi) is 13.0. The highest BCUT2D eigenvalue weighted by Gasteiger charge is 2.48. The molecule has 0 bridgehead atoms. The SMILES string of the molecule is CO[C@@H]1O[C@H](COCCCCCN)[C@@H](OCc2cccnc2)[C@H](OCc2ccccc2)[C@H]1OCc1ccccc1. The van der Waals surface area contributed by atoms with E-state index >= 15 is 0 Å². The molecular formula is C32H42N2O6. The van der Waals surface area contributed by atoms with E-state index in [1.54, 1.807) is 19.5 Å². The van der Waals surface area contributed by atoms with Gasteiger partial charge in [0.15, 0.2) is 6.29 Å². The van der Waals surface area contributed by atoms with Gasteiger partial charge in [0.25, 0.3) is 0 Å². The van der Waals surface area contributed by atoms with Gasteiger partial charge in [0, 0.05) is 26.1 Å². The van der Waals surface area contributed by atoms with Gasteiger partial charge in [0.05, 0.1) is 26.4 Å². The van der Waals surface area contributed by atoms with Crippen molar-refractivity contribution in [2.75, 3.05) is 26.9 Å². The Bertz CT molecular complexity index is 1060. The lowest BCUT2D eigenvalue weighted by Gasteiger charge is -2.45. The molecule has 1 fully saturated rings. The summed E-state index contributed by atoms with van der Waals surface area (Å²) < 4.78 is 37.9. The zero-order chi connectivity index (χ0) is 27.8. The minimum absolute atomic E-state index is 0.344. The zero-order valence-electron chi connectivity index (χ0n) is 23.3. The molecule has 4 rings (SSSR count). The lowest BCUT2D eigenvalue weighted by molar-refractivity contribution is -0.323. The van der Waals surface area contributed by atoms with Crippen molar-refractivity contribution in [1.29, 1.82) is 0 Å². The average molecular weight is 551 g/mol. The van der Waals surface area contributed by atoms with E-state index in [1.165, 1.54) is 0 Å². The van der Waals surface area contributed by atoms with E-state index in [1.807, 2.05) is 72.8 Å². The smallest absolute Gasteiger partial charge is 0.186 e. The maximum Gasteiger partial charge on any atom is 0.186 e. The predicted molar refractivity (Wildman–Crippen MR) is 152 cm³/mol. The third-order valence-corrected chi connectivity index (χ3v) is 6.83. The van der Waals surface area contributed by atoms with Crippen molar-refractivity contribution in [2.45, 2.75) is 69.8 Å². The summed E-state index contributed by atoms with van der Waals surface area (Å²) in [6.45, 7) is 2.79. The van der Waals surface area contributed by atoms with Gasteiger partial charge in [0.2, 0.25) is 0 Å². The van der Waals surface area contributed by atoms with Crippen LogP contribution in [0.15, 0.2) is 85.2 Å². The monoisotopic (exact) mass is 550 g/mol.